The number of anilines is 2. The van der Waals surface area contributed by atoms with Crippen molar-refractivity contribution in [1.82, 2.24) is 4.90 Å². The molecule has 0 bridgehead atoms. The number of carbonyl (C=O) groups is 2. The first-order valence-corrected chi connectivity index (χ1v) is 9.00. The molecule has 1 amide bonds. The van der Waals surface area contributed by atoms with Gasteiger partial charge in [-0.2, -0.15) is 0 Å². The SMILES string of the molecule is COC(=O)c1ccccc1NC(=O)CN1Cc2ccccc2N(C)C[C@@H]1C. The normalized spacial score (nSPS) is 17.0. The molecule has 0 fully saturated rings. The van der Waals surface area contributed by atoms with Crippen molar-refractivity contribution in [3.8, 4) is 0 Å². The Labute approximate surface area is 159 Å². The maximum atomic E-state index is 12.7. The third-order valence-corrected chi connectivity index (χ3v) is 4.89. The maximum Gasteiger partial charge on any atom is 0.339 e. The Kier molecular flexibility index (Phi) is 5.76. The van der Waals surface area contributed by atoms with Crippen LogP contribution in [-0.2, 0) is 16.1 Å². The zero-order valence-corrected chi connectivity index (χ0v) is 15.9. The quantitative estimate of drug-likeness (QED) is 0.842. The highest BCUT2D eigenvalue weighted by molar-refractivity contribution is 6.01. The van der Waals surface area contributed by atoms with Crippen LogP contribution in [0.4, 0.5) is 11.4 Å². The van der Waals surface area contributed by atoms with Gasteiger partial charge in [-0.05, 0) is 30.7 Å². The van der Waals surface area contributed by atoms with E-state index in [0.29, 0.717) is 17.8 Å². The number of carbonyl (C=O) groups excluding carboxylic acids is 2. The van der Waals surface area contributed by atoms with Gasteiger partial charge in [0.05, 0.1) is 24.9 Å². The highest BCUT2D eigenvalue weighted by atomic mass is 16.5. The second-order valence-electron chi connectivity index (χ2n) is 6.85. The van der Waals surface area contributed by atoms with E-state index in [0.717, 1.165) is 6.54 Å². The molecule has 2 aromatic rings. The molecule has 6 nitrogen and oxygen atoms in total. The van der Waals surface area contributed by atoms with Crippen molar-refractivity contribution >= 4 is 23.3 Å². The summed E-state index contributed by atoms with van der Waals surface area (Å²) in [4.78, 5) is 28.9. The number of ether oxygens (including phenoxy) is 1. The van der Waals surface area contributed by atoms with Crippen molar-refractivity contribution in [3.05, 3.63) is 59.7 Å². The molecule has 0 aromatic heterocycles. The highest BCUT2D eigenvalue weighted by Gasteiger charge is 2.25. The Balaban J connectivity index is 1.74. The predicted octanol–water partition coefficient (Wildman–Crippen LogP) is 2.75. The fourth-order valence-electron chi connectivity index (χ4n) is 3.47. The lowest BCUT2D eigenvalue weighted by Crippen LogP contribution is -2.42. The molecular formula is C21H25N3O3. The van der Waals surface area contributed by atoms with E-state index in [-0.39, 0.29) is 18.5 Å². The first-order chi connectivity index (χ1) is 13.0. The second kappa shape index (κ2) is 8.22. The number of fused-ring (bicyclic) bond motifs is 1. The minimum Gasteiger partial charge on any atom is -0.465 e. The molecule has 0 radical (unpaired) electrons. The number of esters is 1. The van der Waals surface area contributed by atoms with E-state index in [1.807, 2.05) is 12.1 Å². The Morgan fingerprint density at radius 1 is 1.15 bits per heavy atom. The number of rotatable bonds is 4. The zero-order valence-electron chi connectivity index (χ0n) is 15.9. The number of methoxy groups -OCH3 is 1. The van der Waals surface area contributed by atoms with Gasteiger partial charge in [0.2, 0.25) is 5.91 Å². The van der Waals surface area contributed by atoms with E-state index in [1.165, 1.54) is 18.4 Å². The zero-order chi connectivity index (χ0) is 19.4. The van der Waals surface area contributed by atoms with Gasteiger partial charge >= 0.3 is 5.97 Å². The van der Waals surface area contributed by atoms with Crippen molar-refractivity contribution in [3.63, 3.8) is 0 Å². The Bertz CT molecular complexity index is 837. The minimum atomic E-state index is -0.468. The highest BCUT2D eigenvalue weighted by Crippen LogP contribution is 2.26. The molecule has 0 saturated heterocycles. The molecule has 3 rings (SSSR count). The predicted molar refractivity (Wildman–Crippen MR) is 106 cm³/mol. The van der Waals surface area contributed by atoms with E-state index in [4.69, 9.17) is 4.74 Å². The monoisotopic (exact) mass is 367 g/mol. The van der Waals surface area contributed by atoms with Crippen molar-refractivity contribution in [2.24, 2.45) is 0 Å². The summed E-state index contributed by atoms with van der Waals surface area (Å²) in [5, 5.41) is 2.85. The summed E-state index contributed by atoms with van der Waals surface area (Å²) in [5.74, 6) is -0.621. The molecule has 0 unspecified atom stereocenters. The minimum absolute atomic E-state index is 0.153. The molecule has 0 aliphatic carbocycles. The van der Waals surface area contributed by atoms with Crippen LogP contribution in [0.1, 0.15) is 22.8 Å². The van der Waals surface area contributed by atoms with E-state index in [1.54, 1.807) is 24.3 Å². The lowest BCUT2D eigenvalue weighted by atomic mass is 10.1. The van der Waals surface area contributed by atoms with Crippen LogP contribution in [-0.4, -0.2) is 50.1 Å². The molecule has 6 heteroatoms. The number of likely N-dealkylation sites (N-methyl/N-ethyl adjacent to an activating group) is 1. The van der Waals surface area contributed by atoms with Gasteiger partial charge in [-0.1, -0.05) is 30.3 Å². The van der Waals surface area contributed by atoms with Gasteiger partial charge in [-0.15, -0.1) is 0 Å². The van der Waals surface area contributed by atoms with Gasteiger partial charge < -0.3 is 15.0 Å². The molecule has 1 aliphatic rings. The summed E-state index contributed by atoms with van der Waals surface area (Å²) < 4.78 is 4.79. The number of nitrogens with zero attached hydrogens (tertiary/aromatic N) is 2. The fraction of sp³-hybridized carbons (Fsp3) is 0.333. The number of hydrogen-bond acceptors (Lipinski definition) is 5. The molecule has 1 N–H and O–H groups in total. The van der Waals surface area contributed by atoms with Crippen molar-refractivity contribution in [1.29, 1.82) is 0 Å². The number of para-hydroxylation sites is 2. The van der Waals surface area contributed by atoms with Crippen LogP contribution in [0.2, 0.25) is 0 Å². The van der Waals surface area contributed by atoms with Gasteiger partial charge in [0.1, 0.15) is 0 Å². The van der Waals surface area contributed by atoms with Crippen LogP contribution in [0.15, 0.2) is 48.5 Å². The van der Waals surface area contributed by atoms with E-state index in [2.05, 4.69) is 41.2 Å². The number of nitrogens with one attached hydrogen (secondary N) is 1. The largest absolute Gasteiger partial charge is 0.465 e. The molecule has 1 atom stereocenters. The fourth-order valence-corrected chi connectivity index (χ4v) is 3.47. The van der Waals surface area contributed by atoms with Crippen molar-refractivity contribution in [2.45, 2.75) is 19.5 Å². The lowest BCUT2D eigenvalue weighted by Gasteiger charge is -2.27. The average Bonchev–Trinajstić information content (AvgIpc) is 2.78. The van der Waals surface area contributed by atoms with Crippen LogP contribution in [0.5, 0.6) is 0 Å². The molecule has 0 spiro atoms. The number of hydrogen-bond donors (Lipinski definition) is 1. The van der Waals surface area contributed by atoms with E-state index in [9.17, 15) is 9.59 Å². The van der Waals surface area contributed by atoms with Crippen molar-refractivity contribution in [2.75, 3.05) is 37.5 Å². The third-order valence-electron chi connectivity index (χ3n) is 4.89. The Morgan fingerprint density at radius 3 is 2.63 bits per heavy atom. The molecule has 2 aromatic carbocycles. The van der Waals surface area contributed by atoms with Gasteiger partial charge in [0, 0.05) is 31.9 Å². The molecule has 27 heavy (non-hydrogen) atoms. The van der Waals surface area contributed by atoms with Crippen molar-refractivity contribution < 1.29 is 14.3 Å². The summed E-state index contributed by atoms with van der Waals surface area (Å²) in [6.07, 6.45) is 0. The lowest BCUT2D eigenvalue weighted by molar-refractivity contribution is -0.117. The Morgan fingerprint density at radius 2 is 1.85 bits per heavy atom. The Hall–Kier alpha value is -2.86. The smallest absolute Gasteiger partial charge is 0.339 e. The molecule has 1 aliphatic heterocycles. The molecular weight excluding hydrogens is 342 g/mol. The summed E-state index contributed by atoms with van der Waals surface area (Å²) in [6.45, 7) is 3.91. The average molecular weight is 367 g/mol. The topological polar surface area (TPSA) is 61.9 Å². The van der Waals surface area contributed by atoms with Crippen LogP contribution in [0.25, 0.3) is 0 Å². The molecule has 142 valence electrons. The van der Waals surface area contributed by atoms with Gasteiger partial charge in [0.25, 0.3) is 0 Å². The molecule has 0 saturated carbocycles. The van der Waals surface area contributed by atoms with E-state index >= 15 is 0 Å². The first kappa shape index (κ1) is 18.9. The standard InChI is InChI=1S/C21H25N3O3/c1-15-12-23(2)19-11-7-4-8-16(19)13-24(15)14-20(25)22-18-10-6-5-9-17(18)21(26)27-3/h4-11,15H,12-14H2,1-3H3,(H,22,25)/t15-/m0/s1. The molecule has 1 heterocycles. The van der Waals surface area contributed by atoms with E-state index < -0.39 is 5.97 Å². The summed E-state index contributed by atoms with van der Waals surface area (Å²) >= 11 is 0. The van der Waals surface area contributed by atoms with Crippen LogP contribution in [0.3, 0.4) is 0 Å². The van der Waals surface area contributed by atoms with Crippen LogP contribution < -0.4 is 10.2 Å². The van der Waals surface area contributed by atoms with Gasteiger partial charge in [-0.3, -0.25) is 9.69 Å². The summed E-state index contributed by atoms with van der Waals surface area (Å²) in [6, 6.07) is 15.3. The first-order valence-electron chi connectivity index (χ1n) is 9.00. The third kappa shape index (κ3) is 4.28. The van der Waals surface area contributed by atoms with Gasteiger partial charge in [0.15, 0.2) is 0 Å². The number of amides is 1. The second-order valence-corrected chi connectivity index (χ2v) is 6.85. The van der Waals surface area contributed by atoms with Gasteiger partial charge in [-0.25, -0.2) is 4.79 Å². The van der Waals surface area contributed by atoms with Crippen LogP contribution >= 0.6 is 0 Å². The number of benzene rings is 2. The van der Waals surface area contributed by atoms with Crippen LogP contribution in [0, 0.1) is 0 Å². The summed E-state index contributed by atoms with van der Waals surface area (Å²) in [5.41, 5.74) is 3.21. The maximum absolute atomic E-state index is 12.7. The summed E-state index contributed by atoms with van der Waals surface area (Å²) in [7, 11) is 3.40.